The maximum atomic E-state index is 12.6. The highest BCUT2D eigenvalue weighted by atomic mass is 16.2. The summed E-state index contributed by atoms with van der Waals surface area (Å²) in [5.74, 6) is 0.989. The van der Waals surface area contributed by atoms with Crippen molar-refractivity contribution >= 4 is 28.3 Å². The summed E-state index contributed by atoms with van der Waals surface area (Å²) in [5, 5.41) is 14.4. The van der Waals surface area contributed by atoms with Crippen LogP contribution in [0.3, 0.4) is 0 Å². The topological polar surface area (TPSA) is 98.8 Å². The number of rotatable bonds is 4. The van der Waals surface area contributed by atoms with Gasteiger partial charge in [-0.1, -0.05) is 6.07 Å². The molecule has 1 saturated heterocycles. The zero-order valence-corrected chi connectivity index (χ0v) is 19.1. The molecule has 0 bridgehead atoms. The number of fused-ring (bicyclic) bond motifs is 2. The summed E-state index contributed by atoms with van der Waals surface area (Å²) in [6.45, 7) is 4.61. The molecule has 172 valence electrons. The lowest BCUT2D eigenvalue weighted by Crippen LogP contribution is -2.35. The third-order valence-corrected chi connectivity index (χ3v) is 6.90. The Kier molecular flexibility index (Phi) is 5.22. The van der Waals surface area contributed by atoms with Gasteiger partial charge in [0, 0.05) is 35.9 Å². The minimum atomic E-state index is -0.0902. The Morgan fingerprint density at radius 2 is 2.09 bits per heavy atom. The second-order valence-electron chi connectivity index (χ2n) is 9.17. The fourth-order valence-corrected chi connectivity index (χ4v) is 5.11. The number of hydrogen-bond acceptors (Lipinski definition) is 6. The number of aryl methyl sites for hydroxylation is 1. The van der Waals surface area contributed by atoms with E-state index in [0.29, 0.717) is 0 Å². The van der Waals surface area contributed by atoms with Crippen molar-refractivity contribution < 1.29 is 4.79 Å². The molecule has 3 N–H and O–H groups in total. The number of amides is 1. The smallest absolute Gasteiger partial charge is 0.241 e. The Labute approximate surface area is 197 Å². The van der Waals surface area contributed by atoms with Crippen molar-refractivity contribution in [3.8, 4) is 11.1 Å². The van der Waals surface area contributed by atoms with Crippen molar-refractivity contribution in [3.05, 3.63) is 65.7 Å². The van der Waals surface area contributed by atoms with Crippen molar-refractivity contribution in [2.75, 3.05) is 23.3 Å². The standard InChI is InChI=1S/C26H27N7O/c1-16-9-18(20-12-30-31-13-20)11-22-24(16)28-15-29-25(22)33-8-6-17-4-5-21(10-19(17)14-33)32-26(34)23-3-2-7-27-23/h4-5,9-13,15,23,27H,2-3,6-8,14H2,1H3,(H,30,31)(H,32,34). The van der Waals surface area contributed by atoms with E-state index in [0.717, 1.165) is 78.0 Å². The number of carbonyl (C=O) groups is 1. The number of aromatic amines is 1. The van der Waals surface area contributed by atoms with Crippen molar-refractivity contribution in [2.45, 2.75) is 38.8 Å². The monoisotopic (exact) mass is 453 g/mol. The molecule has 8 heteroatoms. The van der Waals surface area contributed by atoms with Crippen LogP contribution in [0.4, 0.5) is 11.5 Å². The zero-order chi connectivity index (χ0) is 23.1. The highest BCUT2D eigenvalue weighted by Gasteiger charge is 2.24. The van der Waals surface area contributed by atoms with Crippen LogP contribution in [0.1, 0.15) is 29.5 Å². The van der Waals surface area contributed by atoms with Gasteiger partial charge in [0.15, 0.2) is 0 Å². The minimum Gasteiger partial charge on any atom is -0.351 e. The molecule has 4 aromatic rings. The van der Waals surface area contributed by atoms with E-state index < -0.39 is 0 Å². The summed E-state index contributed by atoms with van der Waals surface area (Å²) in [6, 6.07) is 10.5. The Morgan fingerprint density at radius 3 is 2.91 bits per heavy atom. The highest BCUT2D eigenvalue weighted by Crippen LogP contribution is 2.33. The molecule has 2 aromatic carbocycles. The van der Waals surface area contributed by atoms with Crippen molar-refractivity contribution in [1.82, 2.24) is 25.5 Å². The molecule has 1 atom stereocenters. The Morgan fingerprint density at radius 1 is 1.15 bits per heavy atom. The molecule has 0 saturated carbocycles. The summed E-state index contributed by atoms with van der Waals surface area (Å²) < 4.78 is 0. The summed E-state index contributed by atoms with van der Waals surface area (Å²) in [7, 11) is 0. The number of benzene rings is 2. The lowest BCUT2D eigenvalue weighted by molar-refractivity contribution is -0.117. The molecule has 0 radical (unpaired) electrons. The molecule has 8 nitrogen and oxygen atoms in total. The van der Waals surface area contributed by atoms with Crippen LogP contribution in [0, 0.1) is 6.92 Å². The number of carbonyl (C=O) groups excluding carboxylic acids is 1. The van der Waals surface area contributed by atoms with E-state index in [-0.39, 0.29) is 11.9 Å². The molecule has 34 heavy (non-hydrogen) atoms. The first-order valence-corrected chi connectivity index (χ1v) is 11.8. The summed E-state index contributed by atoms with van der Waals surface area (Å²) in [5.41, 5.74) is 7.61. The number of aromatic nitrogens is 4. The number of nitrogens with one attached hydrogen (secondary N) is 3. The van der Waals surface area contributed by atoms with Gasteiger partial charge in [-0.3, -0.25) is 9.89 Å². The largest absolute Gasteiger partial charge is 0.351 e. The van der Waals surface area contributed by atoms with E-state index in [2.05, 4.69) is 61.9 Å². The Balaban J connectivity index is 1.31. The van der Waals surface area contributed by atoms with Crippen LogP contribution >= 0.6 is 0 Å². The average Bonchev–Trinajstić information content (AvgIpc) is 3.58. The molecule has 1 unspecified atom stereocenters. The lowest BCUT2D eigenvalue weighted by Gasteiger charge is -2.31. The van der Waals surface area contributed by atoms with E-state index in [4.69, 9.17) is 4.98 Å². The number of H-pyrrole nitrogens is 1. The molecule has 0 aliphatic carbocycles. The lowest BCUT2D eigenvalue weighted by atomic mass is 9.98. The molecule has 6 rings (SSSR count). The van der Waals surface area contributed by atoms with E-state index in [1.165, 1.54) is 11.1 Å². The first kappa shape index (κ1) is 20.8. The molecule has 1 fully saturated rings. The van der Waals surface area contributed by atoms with E-state index in [9.17, 15) is 4.79 Å². The number of hydrogen-bond donors (Lipinski definition) is 3. The van der Waals surface area contributed by atoms with Crippen molar-refractivity contribution in [2.24, 2.45) is 0 Å². The van der Waals surface area contributed by atoms with Gasteiger partial charge in [-0.05, 0) is 79.3 Å². The van der Waals surface area contributed by atoms with Gasteiger partial charge in [-0.2, -0.15) is 5.10 Å². The van der Waals surface area contributed by atoms with Crippen molar-refractivity contribution in [1.29, 1.82) is 0 Å². The molecule has 2 aliphatic heterocycles. The molecular weight excluding hydrogens is 426 g/mol. The van der Waals surface area contributed by atoms with Crippen molar-refractivity contribution in [3.63, 3.8) is 0 Å². The SMILES string of the molecule is Cc1cc(-c2cn[nH]c2)cc2c(N3CCc4ccc(NC(=O)C5CCCN5)cc4C3)ncnc12. The van der Waals surface area contributed by atoms with Gasteiger partial charge >= 0.3 is 0 Å². The summed E-state index contributed by atoms with van der Waals surface area (Å²) in [6.07, 6.45) is 8.26. The van der Waals surface area contributed by atoms with Gasteiger partial charge in [0.25, 0.3) is 0 Å². The molecule has 2 aliphatic rings. The van der Waals surface area contributed by atoms with E-state index >= 15 is 0 Å². The van der Waals surface area contributed by atoms with Crippen LogP contribution in [0.5, 0.6) is 0 Å². The third kappa shape index (κ3) is 3.80. The van der Waals surface area contributed by atoms with E-state index in [1.807, 2.05) is 18.5 Å². The fraction of sp³-hybridized carbons (Fsp3) is 0.308. The fourth-order valence-electron chi connectivity index (χ4n) is 5.11. The van der Waals surface area contributed by atoms with E-state index in [1.54, 1.807) is 6.33 Å². The first-order valence-electron chi connectivity index (χ1n) is 11.8. The second kappa shape index (κ2) is 8.53. The summed E-state index contributed by atoms with van der Waals surface area (Å²) in [4.78, 5) is 24.2. The Hall–Kier alpha value is -3.78. The normalized spacial score (nSPS) is 17.7. The Bertz CT molecular complexity index is 1360. The van der Waals surface area contributed by atoms with Gasteiger partial charge in [0.1, 0.15) is 12.1 Å². The van der Waals surface area contributed by atoms with Gasteiger partial charge < -0.3 is 15.5 Å². The van der Waals surface area contributed by atoms with Gasteiger partial charge in [0.2, 0.25) is 5.91 Å². The minimum absolute atomic E-state index is 0.0501. The summed E-state index contributed by atoms with van der Waals surface area (Å²) >= 11 is 0. The van der Waals surface area contributed by atoms with Crippen LogP contribution < -0.4 is 15.5 Å². The van der Waals surface area contributed by atoms with Crippen LogP contribution in [0.2, 0.25) is 0 Å². The van der Waals surface area contributed by atoms with Crippen LogP contribution in [-0.2, 0) is 17.8 Å². The van der Waals surface area contributed by atoms with Crippen LogP contribution in [0.25, 0.3) is 22.0 Å². The second-order valence-corrected chi connectivity index (χ2v) is 9.17. The van der Waals surface area contributed by atoms with Crippen LogP contribution in [-0.4, -0.2) is 45.2 Å². The van der Waals surface area contributed by atoms with Gasteiger partial charge in [0.05, 0.1) is 17.8 Å². The molecular formula is C26H27N7O. The predicted octanol–water partition coefficient (Wildman–Crippen LogP) is 3.58. The molecule has 0 spiro atoms. The highest BCUT2D eigenvalue weighted by molar-refractivity contribution is 5.96. The maximum absolute atomic E-state index is 12.6. The average molecular weight is 454 g/mol. The van der Waals surface area contributed by atoms with Gasteiger partial charge in [-0.15, -0.1) is 0 Å². The number of nitrogens with zero attached hydrogens (tertiary/aromatic N) is 4. The van der Waals surface area contributed by atoms with Crippen LogP contribution in [0.15, 0.2) is 49.1 Å². The molecule has 4 heterocycles. The first-order chi connectivity index (χ1) is 16.7. The molecule has 1 amide bonds. The quantitative estimate of drug-likeness (QED) is 0.437. The maximum Gasteiger partial charge on any atom is 0.241 e. The number of anilines is 2. The molecule has 2 aromatic heterocycles. The zero-order valence-electron chi connectivity index (χ0n) is 19.1. The van der Waals surface area contributed by atoms with Gasteiger partial charge in [-0.25, -0.2) is 9.97 Å². The third-order valence-electron chi connectivity index (χ3n) is 6.90. The predicted molar refractivity (Wildman–Crippen MR) is 133 cm³/mol.